The van der Waals surface area contributed by atoms with Gasteiger partial charge in [0.25, 0.3) is 0 Å². The standard InChI is InChI=1S/C12H15NO3S/c14-6-8(15)5-13-12(16)10-7-17-11-4-2-1-3-9(10)11/h1-4,8,10,14-15H,5-7H2,(H,13,16). The summed E-state index contributed by atoms with van der Waals surface area (Å²) in [4.78, 5) is 13.1. The first-order valence-electron chi connectivity index (χ1n) is 5.50. The molecule has 1 aliphatic heterocycles. The Morgan fingerprint density at radius 1 is 1.53 bits per heavy atom. The molecule has 2 atom stereocenters. The van der Waals surface area contributed by atoms with Crippen LogP contribution in [0, 0.1) is 0 Å². The molecule has 0 aliphatic carbocycles. The van der Waals surface area contributed by atoms with Crippen LogP contribution in [0.5, 0.6) is 0 Å². The zero-order valence-corrected chi connectivity index (χ0v) is 10.1. The maximum Gasteiger partial charge on any atom is 0.228 e. The molecule has 17 heavy (non-hydrogen) atoms. The zero-order chi connectivity index (χ0) is 12.3. The van der Waals surface area contributed by atoms with E-state index in [1.165, 1.54) is 0 Å². The Morgan fingerprint density at radius 2 is 2.29 bits per heavy atom. The minimum atomic E-state index is -0.886. The minimum absolute atomic E-state index is 0.0880. The van der Waals surface area contributed by atoms with Gasteiger partial charge in [-0.1, -0.05) is 18.2 Å². The minimum Gasteiger partial charge on any atom is -0.394 e. The van der Waals surface area contributed by atoms with Crippen LogP contribution in [0.1, 0.15) is 11.5 Å². The molecule has 1 heterocycles. The van der Waals surface area contributed by atoms with Crippen LogP contribution >= 0.6 is 11.8 Å². The SMILES string of the molecule is O=C(NCC(O)CO)C1CSc2ccccc21. The molecule has 2 unspecified atom stereocenters. The molecule has 92 valence electrons. The van der Waals surface area contributed by atoms with Gasteiger partial charge in [0.2, 0.25) is 5.91 Å². The molecule has 0 bridgehead atoms. The van der Waals surface area contributed by atoms with Crippen molar-refractivity contribution in [1.82, 2.24) is 5.32 Å². The van der Waals surface area contributed by atoms with Crippen molar-refractivity contribution in [2.24, 2.45) is 0 Å². The Hall–Kier alpha value is -1.04. The summed E-state index contributed by atoms with van der Waals surface area (Å²) in [5.41, 5.74) is 1.05. The molecule has 5 heteroatoms. The zero-order valence-electron chi connectivity index (χ0n) is 9.30. The van der Waals surface area contributed by atoms with Crippen LogP contribution in [-0.4, -0.2) is 41.1 Å². The van der Waals surface area contributed by atoms with Gasteiger partial charge < -0.3 is 15.5 Å². The van der Waals surface area contributed by atoms with Gasteiger partial charge in [0.15, 0.2) is 0 Å². The summed E-state index contributed by atoms with van der Waals surface area (Å²) in [6.07, 6.45) is -0.886. The van der Waals surface area contributed by atoms with Gasteiger partial charge in [0.1, 0.15) is 0 Å². The van der Waals surface area contributed by atoms with Crippen molar-refractivity contribution in [2.45, 2.75) is 16.9 Å². The van der Waals surface area contributed by atoms with E-state index in [9.17, 15) is 9.90 Å². The predicted molar refractivity (Wildman–Crippen MR) is 66.0 cm³/mol. The molecule has 1 aliphatic rings. The lowest BCUT2D eigenvalue weighted by Gasteiger charge is -2.13. The number of benzene rings is 1. The predicted octanol–water partition coefficient (Wildman–Crippen LogP) is 0.345. The number of thioether (sulfide) groups is 1. The lowest BCUT2D eigenvalue weighted by Crippen LogP contribution is -2.36. The first kappa shape index (κ1) is 12.4. The van der Waals surface area contributed by atoms with Crippen LogP contribution in [0.3, 0.4) is 0 Å². The third kappa shape index (κ3) is 2.80. The van der Waals surface area contributed by atoms with E-state index in [0.29, 0.717) is 0 Å². The normalized spacial score (nSPS) is 19.8. The van der Waals surface area contributed by atoms with E-state index in [-0.39, 0.29) is 25.0 Å². The van der Waals surface area contributed by atoms with E-state index < -0.39 is 6.10 Å². The van der Waals surface area contributed by atoms with Crippen molar-refractivity contribution in [1.29, 1.82) is 0 Å². The molecule has 1 aromatic rings. The van der Waals surface area contributed by atoms with Crippen molar-refractivity contribution in [3.8, 4) is 0 Å². The van der Waals surface area contributed by atoms with Gasteiger partial charge in [0, 0.05) is 17.2 Å². The Labute approximate surface area is 104 Å². The topological polar surface area (TPSA) is 69.6 Å². The second kappa shape index (κ2) is 5.53. The molecule has 4 nitrogen and oxygen atoms in total. The van der Waals surface area contributed by atoms with Crippen LogP contribution in [0.15, 0.2) is 29.2 Å². The highest BCUT2D eigenvalue weighted by Crippen LogP contribution is 2.39. The van der Waals surface area contributed by atoms with Crippen LogP contribution in [0.4, 0.5) is 0 Å². The average Bonchev–Trinajstić information content (AvgIpc) is 2.79. The average molecular weight is 253 g/mol. The highest BCUT2D eigenvalue weighted by Gasteiger charge is 2.28. The highest BCUT2D eigenvalue weighted by molar-refractivity contribution is 7.99. The Morgan fingerprint density at radius 3 is 3.06 bits per heavy atom. The van der Waals surface area contributed by atoms with E-state index in [1.54, 1.807) is 11.8 Å². The maximum atomic E-state index is 11.9. The van der Waals surface area contributed by atoms with E-state index in [1.807, 2.05) is 24.3 Å². The van der Waals surface area contributed by atoms with Crippen LogP contribution in [0.2, 0.25) is 0 Å². The van der Waals surface area contributed by atoms with Gasteiger partial charge in [-0.3, -0.25) is 4.79 Å². The summed E-state index contributed by atoms with van der Waals surface area (Å²) in [7, 11) is 0. The fourth-order valence-electron chi connectivity index (χ4n) is 1.79. The van der Waals surface area contributed by atoms with Crippen molar-refractivity contribution >= 4 is 17.7 Å². The van der Waals surface area contributed by atoms with Gasteiger partial charge in [-0.05, 0) is 11.6 Å². The van der Waals surface area contributed by atoms with Crippen LogP contribution in [-0.2, 0) is 4.79 Å². The summed E-state index contributed by atoms with van der Waals surface area (Å²) in [6.45, 7) is -0.241. The monoisotopic (exact) mass is 253 g/mol. The smallest absolute Gasteiger partial charge is 0.228 e. The number of carbonyl (C=O) groups is 1. The third-order valence-corrected chi connectivity index (χ3v) is 3.92. The second-order valence-electron chi connectivity index (χ2n) is 3.98. The van der Waals surface area contributed by atoms with E-state index in [0.717, 1.165) is 16.2 Å². The molecule has 1 aromatic carbocycles. The van der Waals surface area contributed by atoms with Crippen molar-refractivity contribution in [3.63, 3.8) is 0 Å². The summed E-state index contributed by atoms with van der Waals surface area (Å²) in [5.74, 6) is 0.498. The molecule has 2 rings (SSSR count). The molecular formula is C12H15NO3S. The Kier molecular flexibility index (Phi) is 4.04. The third-order valence-electron chi connectivity index (χ3n) is 2.74. The number of aliphatic hydroxyl groups is 2. The van der Waals surface area contributed by atoms with Gasteiger partial charge in [-0.25, -0.2) is 0 Å². The first-order chi connectivity index (χ1) is 8.22. The number of amides is 1. The molecule has 3 N–H and O–H groups in total. The molecule has 1 amide bonds. The number of nitrogens with one attached hydrogen (secondary N) is 1. The molecule has 0 saturated heterocycles. The maximum absolute atomic E-state index is 11.9. The van der Waals surface area contributed by atoms with Gasteiger partial charge in [-0.2, -0.15) is 0 Å². The summed E-state index contributed by atoms with van der Waals surface area (Å²) in [6, 6.07) is 7.85. The molecule has 0 radical (unpaired) electrons. The second-order valence-corrected chi connectivity index (χ2v) is 5.04. The van der Waals surface area contributed by atoms with Gasteiger partial charge in [-0.15, -0.1) is 11.8 Å². The van der Waals surface area contributed by atoms with Crippen molar-refractivity contribution in [3.05, 3.63) is 29.8 Å². The van der Waals surface area contributed by atoms with Gasteiger partial charge in [0.05, 0.1) is 18.6 Å². The number of rotatable bonds is 4. The molecule has 0 aromatic heterocycles. The number of fused-ring (bicyclic) bond motifs is 1. The Balaban J connectivity index is 1.98. The van der Waals surface area contributed by atoms with Gasteiger partial charge >= 0.3 is 0 Å². The fraction of sp³-hybridized carbons (Fsp3) is 0.417. The first-order valence-corrected chi connectivity index (χ1v) is 6.49. The van der Waals surface area contributed by atoms with Crippen molar-refractivity contribution in [2.75, 3.05) is 18.9 Å². The van der Waals surface area contributed by atoms with Crippen LogP contribution < -0.4 is 5.32 Å². The Bertz CT molecular complexity index is 410. The lowest BCUT2D eigenvalue weighted by molar-refractivity contribution is -0.122. The fourth-order valence-corrected chi connectivity index (χ4v) is 3.01. The summed E-state index contributed by atoms with van der Waals surface area (Å²) in [5, 5.41) is 20.5. The summed E-state index contributed by atoms with van der Waals surface area (Å²) < 4.78 is 0. The molecule has 0 fully saturated rings. The van der Waals surface area contributed by atoms with E-state index in [4.69, 9.17) is 5.11 Å². The van der Waals surface area contributed by atoms with E-state index in [2.05, 4.69) is 5.32 Å². The summed E-state index contributed by atoms with van der Waals surface area (Å²) >= 11 is 1.67. The molecule has 0 saturated carbocycles. The number of hydrogen-bond acceptors (Lipinski definition) is 4. The van der Waals surface area contributed by atoms with Crippen molar-refractivity contribution < 1.29 is 15.0 Å². The van der Waals surface area contributed by atoms with Crippen LogP contribution in [0.25, 0.3) is 0 Å². The lowest BCUT2D eigenvalue weighted by atomic mass is 10.0. The molecular weight excluding hydrogens is 238 g/mol. The van der Waals surface area contributed by atoms with E-state index >= 15 is 0 Å². The molecule has 0 spiro atoms. The number of hydrogen-bond donors (Lipinski definition) is 3. The largest absolute Gasteiger partial charge is 0.394 e. The number of aliphatic hydroxyl groups excluding tert-OH is 2. The number of carbonyl (C=O) groups excluding carboxylic acids is 1. The highest BCUT2D eigenvalue weighted by atomic mass is 32.2. The quantitative estimate of drug-likeness (QED) is 0.724.